The standard InChI is InChI=1S/C17H25N3O2/c1-4-8-22-16-7-5-6-14(9-16)10-18-13-17(2,21)15-11-19-20(3)12-15/h5-7,9,11-12,18,21H,4,8,10,13H2,1-3H3. The Morgan fingerprint density at radius 1 is 1.41 bits per heavy atom. The van der Waals surface area contributed by atoms with Crippen LogP contribution < -0.4 is 10.1 Å². The van der Waals surface area contributed by atoms with E-state index in [-0.39, 0.29) is 0 Å². The van der Waals surface area contributed by atoms with E-state index < -0.39 is 5.60 Å². The van der Waals surface area contributed by atoms with Crippen LogP contribution >= 0.6 is 0 Å². The van der Waals surface area contributed by atoms with Crippen LogP contribution in [0.1, 0.15) is 31.4 Å². The Morgan fingerprint density at radius 2 is 2.23 bits per heavy atom. The monoisotopic (exact) mass is 303 g/mol. The lowest BCUT2D eigenvalue weighted by Crippen LogP contribution is -2.34. The molecule has 1 heterocycles. The summed E-state index contributed by atoms with van der Waals surface area (Å²) in [6.07, 6.45) is 4.53. The van der Waals surface area contributed by atoms with Crippen molar-refractivity contribution >= 4 is 0 Å². The van der Waals surface area contributed by atoms with Crippen molar-refractivity contribution in [3.63, 3.8) is 0 Å². The Balaban J connectivity index is 1.87. The van der Waals surface area contributed by atoms with Crippen LogP contribution in [0, 0.1) is 0 Å². The lowest BCUT2D eigenvalue weighted by atomic mass is 9.99. The molecular formula is C17H25N3O2. The van der Waals surface area contributed by atoms with Crippen LogP contribution in [-0.2, 0) is 19.2 Å². The van der Waals surface area contributed by atoms with E-state index in [1.54, 1.807) is 17.8 Å². The van der Waals surface area contributed by atoms with Gasteiger partial charge in [-0.25, -0.2) is 0 Å². The van der Waals surface area contributed by atoms with Gasteiger partial charge in [-0.2, -0.15) is 5.10 Å². The van der Waals surface area contributed by atoms with Gasteiger partial charge in [-0.05, 0) is 31.0 Å². The molecule has 0 aliphatic rings. The van der Waals surface area contributed by atoms with Crippen molar-refractivity contribution in [2.24, 2.45) is 7.05 Å². The van der Waals surface area contributed by atoms with Crippen molar-refractivity contribution in [1.82, 2.24) is 15.1 Å². The highest BCUT2D eigenvalue weighted by molar-refractivity contribution is 5.28. The molecule has 2 rings (SSSR count). The molecule has 0 saturated carbocycles. The van der Waals surface area contributed by atoms with E-state index in [1.165, 1.54) is 0 Å². The van der Waals surface area contributed by atoms with E-state index in [0.29, 0.717) is 13.1 Å². The van der Waals surface area contributed by atoms with Crippen molar-refractivity contribution in [2.45, 2.75) is 32.4 Å². The van der Waals surface area contributed by atoms with Crippen LogP contribution in [-0.4, -0.2) is 28.0 Å². The predicted molar refractivity (Wildman–Crippen MR) is 86.7 cm³/mol. The summed E-state index contributed by atoms with van der Waals surface area (Å²) in [6, 6.07) is 8.03. The summed E-state index contributed by atoms with van der Waals surface area (Å²) >= 11 is 0. The molecule has 5 heteroatoms. The molecule has 0 bridgehead atoms. The molecule has 0 radical (unpaired) electrons. The second kappa shape index (κ2) is 7.42. The molecule has 1 unspecified atom stereocenters. The van der Waals surface area contributed by atoms with Gasteiger partial charge in [0.2, 0.25) is 0 Å². The van der Waals surface area contributed by atoms with Crippen molar-refractivity contribution in [3.8, 4) is 5.75 Å². The highest BCUT2D eigenvalue weighted by Gasteiger charge is 2.24. The fourth-order valence-electron chi connectivity index (χ4n) is 2.22. The van der Waals surface area contributed by atoms with Crippen LogP contribution in [0.2, 0.25) is 0 Å². The van der Waals surface area contributed by atoms with Gasteiger partial charge in [-0.3, -0.25) is 4.68 Å². The van der Waals surface area contributed by atoms with Crippen LogP contribution in [0.5, 0.6) is 5.75 Å². The summed E-state index contributed by atoms with van der Waals surface area (Å²) in [5.41, 5.74) is 1.00. The van der Waals surface area contributed by atoms with Gasteiger partial charge in [0.25, 0.3) is 0 Å². The van der Waals surface area contributed by atoms with Gasteiger partial charge >= 0.3 is 0 Å². The van der Waals surface area contributed by atoms with Gasteiger partial charge in [0, 0.05) is 31.9 Å². The molecule has 1 aromatic heterocycles. The Kier molecular flexibility index (Phi) is 5.57. The molecular weight excluding hydrogens is 278 g/mol. The Bertz CT molecular complexity index is 593. The average Bonchev–Trinajstić information content (AvgIpc) is 2.93. The quantitative estimate of drug-likeness (QED) is 0.785. The zero-order chi connectivity index (χ0) is 16.0. The van der Waals surface area contributed by atoms with E-state index in [0.717, 1.165) is 29.9 Å². The van der Waals surface area contributed by atoms with Gasteiger partial charge < -0.3 is 15.2 Å². The molecule has 1 aromatic carbocycles. The normalized spacial score (nSPS) is 13.8. The fourth-order valence-corrected chi connectivity index (χ4v) is 2.22. The lowest BCUT2D eigenvalue weighted by molar-refractivity contribution is 0.0566. The highest BCUT2D eigenvalue weighted by Crippen LogP contribution is 2.19. The molecule has 120 valence electrons. The topological polar surface area (TPSA) is 59.3 Å². The molecule has 2 N–H and O–H groups in total. The number of benzene rings is 1. The van der Waals surface area contributed by atoms with E-state index in [2.05, 4.69) is 17.3 Å². The fraction of sp³-hybridized carbons (Fsp3) is 0.471. The molecule has 2 aromatic rings. The van der Waals surface area contributed by atoms with Gasteiger partial charge in [-0.1, -0.05) is 19.1 Å². The van der Waals surface area contributed by atoms with E-state index in [9.17, 15) is 5.11 Å². The summed E-state index contributed by atoms with van der Waals surface area (Å²) in [4.78, 5) is 0. The maximum Gasteiger partial charge on any atom is 0.119 e. The number of nitrogens with one attached hydrogen (secondary N) is 1. The van der Waals surface area contributed by atoms with Crippen molar-refractivity contribution in [1.29, 1.82) is 0 Å². The summed E-state index contributed by atoms with van der Waals surface area (Å²) in [5.74, 6) is 0.889. The molecule has 0 amide bonds. The number of ether oxygens (including phenoxy) is 1. The Hall–Kier alpha value is -1.85. The molecule has 0 aliphatic heterocycles. The molecule has 0 saturated heterocycles. The van der Waals surface area contributed by atoms with Crippen LogP contribution in [0.4, 0.5) is 0 Å². The largest absolute Gasteiger partial charge is 0.494 e. The van der Waals surface area contributed by atoms with Gasteiger partial charge in [0.1, 0.15) is 11.4 Å². The molecule has 22 heavy (non-hydrogen) atoms. The summed E-state index contributed by atoms with van der Waals surface area (Å²) in [5, 5.41) is 17.9. The minimum Gasteiger partial charge on any atom is -0.494 e. The molecule has 0 aliphatic carbocycles. The van der Waals surface area contributed by atoms with Crippen LogP contribution in [0.25, 0.3) is 0 Å². The minimum atomic E-state index is -0.940. The number of rotatable bonds is 8. The molecule has 0 spiro atoms. The highest BCUT2D eigenvalue weighted by atomic mass is 16.5. The first-order chi connectivity index (χ1) is 10.5. The number of hydrogen-bond acceptors (Lipinski definition) is 4. The van der Waals surface area contributed by atoms with Crippen molar-refractivity contribution < 1.29 is 9.84 Å². The van der Waals surface area contributed by atoms with Crippen LogP contribution in [0.15, 0.2) is 36.7 Å². The third kappa shape index (κ3) is 4.58. The Labute approximate surface area is 131 Å². The maximum atomic E-state index is 10.5. The predicted octanol–water partition coefficient (Wildman–Crippen LogP) is 2.21. The van der Waals surface area contributed by atoms with E-state index in [4.69, 9.17) is 4.74 Å². The zero-order valence-electron chi connectivity index (χ0n) is 13.5. The lowest BCUT2D eigenvalue weighted by Gasteiger charge is -2.22. The number of hydrogen-bond donors (Lipinski definition) is 2. The zero-order valence-corrected chi connectivity index (χ0v) is 13.5. The SMILES string of the molecule is CCCOc1cccc(CNCC(C)(O)c2cnn(C)c2)c1. The van der Waals surface area contributed by atoms with E-state index >= 15 is 0 Å². The van der Waals surface area contributed by atoms with Gasteiger partial charge in [0.05, 0.1) is 12.8 Å². The minimum absolute atomic E-state index is 0.457. The molecule has 5 nitrogen and oxygen atoms in total. The second-order valence-electron chi connectivity index (χ2n) is 5.78. The molecule has 1 atom stereocenters. The maximum absolute atomic E-state index is 10.5. The summed E-state index contributed by atoms with van der Waals surface area (Å²) in [7, 11) is 1.84. The van der Waals surface area contributed by atoms with Crippen molar-refractivity contribution in [2.75, 3.05) is 13.2 Å². The first kappa shape index (κ1) is 16.5. The number of aryl methyl sites for hydroxylation is 1. The second-order valence-corrected chi connectivity index (χ2v) is 5.78. The first-order valence-corrected chi connectivity index (χ1v) is 7.65. The number of aromatic nitrogens is 2. The number of aliphatic hydroxyl groups is 1. The average molecular weight is 303 g/mol. The third-order valence-corrected chi connectivity index (χ3v) is 3.50. The molecule has 0 fully saturated rings. The van der Waals surface area contributed by atoms with Crippen LogP contribution in [0.3, 0.4) is 0 Å². The van der Waals surface area contributed by atoms with Crippen molar-refractivity contribution in [3.05, 3.63) is 47.8 Å². The first-order valence-electron chi connectivity index (χ1n) is 7.65. The summed E-state index contributed by atoms with van der Waals surface area (Å²) < 4.78 is 7.32. The van der Waals surface area contributed by atoms with Gasteiger partial charge in [0.15, 0.2) is 0 Å². The van der Waals surface area contributed by atoms with Gasteiger partial charge in [-0.15, -0.1) is 0 Å². The van der Waals surface area contributed by atoms with E-state index in [1.807, 2.05) is 37.5 Å². The Morgan fingerprint density at radius 3 is 2.91 bits per heavy atom. The smallest absolute Gasteiger partial charge is 0.119 e. The summed E-state index contributed by atoms with van der Waals surface area (Å²) in [6.45, 7) is 5.74. The number of nitrogens with zero attached hydrogens (tertiary/aromatic N) is 2. The third-order valence-electron chi connectivity index (χ3n) is 3.50.